The third kappa shape index (κ3) is 3.40. The minimum atomic E-state index is -0.723. The second-order valence-electron chi connectivity index (χ2n) is 7.43. The molecule has 26 heavy (non-hydrogen) atoms. The summed E-state index contributed by atoms with van der Waals surface area (Å²) in [6.07, 6.45) is 1.09. The molecule has 3 aliphatic rings. The molecule has 1 saturated heterocycles. The first-order valence-corrected chi connectivity index (χ1v) is 8.95. The number of carbonyl (C=O) groups is 3. The van der Waals surface area contributed by atoms with Gasteiger partial charge in [-0.3, -0.25) is 4.79 Å². The summed E-state index contributed by atoms with van der Waals surface area (Å²) in [5.41, 5.74) is 0.548. The van der Waals surface area contributed by atoms with Crippen LogP contribution < -0.4 is 0 Å². The highest BCUT2D eigenvalue weighted by Crippen LogP contribution is 2.40. The van der Waals surface area contributed by atoms with Crippen LogP contribution in [0, 0.1) is 17.8 Å². The molecule has 0 radical (unpaired) electrons. The number of hydrogen-bond acceptors (Lipinski definition) is 7. The number of ether oxygens (including phenoxy) is 3. The van der Waals surface area contributed by atoms with E-state index in [0.717, 1.165) is 0 Å². The summed E-state index contributed by atoms with van der Waals surface area (Å²) in [4.78, 5) is 36.4. The zero-order valence-electron chi connectivity index (χ0n) is 15.0. The number of fused-ring (bicyclic) bond motifs is 3. The third-order valence-electron chi connectivity index (χ3n) is 5.24. The van der Waals surface area contributed by atoms with E-state index >= 15 is 0 Å². The lowest BCUT2D eigenvalue weighted by atomic mass is 9.83. The fourth-order valence-corrected chi connectivity index (χ4v) is 3.69. The molecule has 0 aromatic carbocycles. The molecule has 0 amide bonds. The summed E-state index contributed by atoms with van der Waals surface area (Å²) in [5.74, 6) is -2.40. The lowest BCUT2D eigenvalue weighted by Gasteiger charge is -2.26. The van der Waals surface area contributed by atoms with Crippen LogP contribution in [0.4, 0.5) is 0 Å². The SMILES string of the molecule is C=C1C(=O)OC2CC(CO)CCC(OC(=O)C(C)C)C3=CC(OC3=O)C12. The van der Waals surface area contributed by atoms with Crippen molar-refractivity contribution in [2.24, 2.45) is 17.8 Å². The van der Waals surface area contributed by atoms with E-state index in [1.165, 1.54) is 0 Å². The van der Waals surface area contributed by atoms with Gasteiger partial charge in [0.15, 0.2) is 0 Å². The highest BCUT2D eigenvalue weighted by Gasteiger charge is 2.49. The Morgan fingerprint density at radius 1 is 1.31 bits per heavy atom. The van der Waals surface area contributed by atoms with Crippen molar-refractivity contribution in [2.75, 3.05) is 6.61 Å². The molecule has 3 rings (SSSR count). The zero-order valence-corrected chi connectivity index (χ0v) is 15.0. The Labute approximate surface area is 152 Å². The van der Waals surface area contributed by atoms with E-state index in [2.05, 4.69) is 6.58 Å². The third-order valence-corrected chi connectivity index (χ3v) is 5.24. The van der Waals surface area contributed by atoms with Crippen LogP contribution in [0.3, 0.4) is 0 Å². The first-order valence-electron chi connectivity index (χ1n) is 8.95. The first-order chi connectivity index (χ1) is 12.3. The Kier molecular flexibility index (Phi) is 5.18. The van der Waals surface area contributed by atoms with Gasteiger partial charge in [-0.05, 0) is 31.3 Å². The van der Waals surface area contributed by atoms with Crippen molar-refractivity contribution < 1.29 is 33.7 Å². The zero-order chi connectivity index (χ0) is 19.0. The van der Waals surface area contributed by atoms with Crippen molar-refractivity contribution >= 4 is 17.9 Å². The monoisotopic (exact) mass is 364 g/mol. The highest BCUT2D eigenvalue weighted by atomic mass is 16.6. The van der Waals surface area contributed by atoms with E-state index < -0.39 is 42.1 Å². The summed E-state index contributed by atoms with van der Waals surface area (Å²) in [6, 6.07) is 0. The van der Waals surface area contributed by atoms with Crippen molar-refractivity contribution in [3.63, 3.8) is 0 Å². The smallest absolute Gasteiger partial charge is 0.338 e. The minimum Gasteiger partial charge on any atom is -0.458 e. The van der Waals surface area contributed by atoms with Gasteiger partial charge in [-0.2, -0.15) is 0 Å². The van der Waals surface area contributed by atoms with E-state index in [1.807, 2.05) is 0 Å². The maximum Gasteiger partial charge on any atom is 0.338 e. The fraction of sp³-hybridized carbons (Fsp3) is 0.632. The van der Waals surface area contributed by atoms with Gasteiger partial charge in [0.1, 0.15) is 18.3 Å². The van der Waals surface area contributed by atoms with E-state index in [4.69, 9.17) is 14.2 Å². The van der Waals surface area contributed by atoms with Crippen molar-refractivity contribution in [2.45, 2.75) is 51.4 Å². The van der Waals surface area contributed by atoms with Gasteiger partial charge >= 0.3 is 17.9 Å². The molecular formula is C19H24O7. The molecular weight excluding hydrogens is 340 g/mol. The van der Waals surface area contributed by atoms with Gasteiger partial charge in [-0.25, -0.2) is 9.59 Å². The standard InChI is InChI=1S/C19H24O7/c1-9(2)17(21)24-13-5-4-11(8-20)6-14-16(10(3)18(22)25-14)15-7-12(13)19(23)26-15/h7,9,11,13-16,20H,3-6,8H2,1-2H3. The summed E-state index contributed by atoms with van der Waals surface area (Å²) in [7, 11) is 0. The molecule has 2 aliphatic heterocycles. The molecule has 1 N–H and O–H groups in total. The Morgan fingerprint density at radius 3 is 2.69 bits per heavy atom. The predicted molar refractivity (Wildman–Crippen MR) is 89.6 cm³/mol. The Balaban J connectivity index is 1.93. The van der Waals surface area contributed by atoms with Crippen molar-refractivity contribution in [1.29, 1.82) is 0 Å². The van der Waals surface area contributed by atoms with E-state index in [0.29, 0.717) is 19.3 Å². The van der Waals surface area contributed by atoms with Crippen molar-refractivity contribution in [3.8, 4) is 0 Å². The van der Waals surface area contributed by atoms with Gasteiger partial charge in [-0.1, -0.05) is 20.4 Å². The summed E-state index contributed by atoms with van der Waals surface area (Å²) in [5, 5.41) is 9.69. The Morgan fingerprint density at radius 2 is 2.04 bits per heavy atom. The van der Waals surface area contributed by atoms with Crippen LogP contribution in [-0.2, 0) is 28.6 Å². The van der Waals surface area contributed by atoms with Gasteiger partial charge in [0.25, 0.3) is 0 Å². The van der Waals surface area contributed by atoms with Crippen molar-refractivity contribution in [1.82, 2.24) is 0 Å². The maximum absolute atomic E-state index is 12.4. The predicted octanol–water partition coefficient (Wildman–Crippen LogP) is 1.30. The Hall–Kier alpha value is -2.15. The molecule has 0 aromatic heterocycles. The second kappa shape index (κ2) is 7.23. The lowest BCUT2D eigenvalue weighted by Crippen LogP contribution is -2.31. The minimum absolute atomic E-state index is 0.0867. The fourth-order valence-electron chi connectivity index (χ4n) is 3.69. The molecule has 2 bridgehead atoms. The van der Waals surface area contributed by atoms with Crippen LogP contribution in [-0.4, -0.2) is 47.9 Å². The van der Waals surface area contributed by atoms with Gasteiger partial charge in [0.05, 0.1) is 17.4 Å². The first kappa shape index (κ1) is 18.6. The van der Waals surface area contributed by atoms with Gasteiger partial charge < -0.3 is 19.3 Å². The molecule has 7 nitrogen and oxygen atoms in total. The number of rotatable bonds is 3. The van der Waals surface area contributed by atoms with Crippen molar-refractivity contribution in [3.05, 3.63) is 23.8 Å². The molecule has 2 heterocycles. The quantitative estimate of drug-likeness (QED) is 0.458. The lowest BCUT2D eigenvalue weighted by molar-refractivity contribution is -0.153. The molecule has 0 saturated carbocycles. The van der Waals surface area contributed by atoms with E-state index in [1.54, 1.807) is 19.9 Å². The molecule has 142 valence electrons. The van der Waals surface area contributed by atoms with E-state index in [-0.39, 0.29) is 29.6 Å². The van der Waals surface area contributed by atoms with Gasteiger partial charge in [-0.15, -0.1) is 0 Å². The molecule has 0 aromatic rings. The Bertz CT molecular complexity index is 663. The topological polar surface area (TPSA) is 99.1 Å². The molecule has 0 spiro atoms. The number of aliphatic hydroxyl groups excluding tert-OH is 1. The molecule has 1 aliphatic carbocycles. The molecule has 7 heteroatoms. The molecule has 5 atom stereocenters. The van der Waals surface area contributed by atoms with Gasteiger partial charge in [0, 0.05) is 12.2 Å². The summed E-state index contributed by atoms with van der Waals surface area (Å²) in [6.45, 7) is 7.14. The average molecular weight is 364 g/mol. The van der Waals surface area contributed by atoms with Crippen LogP contribution in [0.15, 0.2) is 23.8 Å². The van der Waals surface area contributed by atoms with Crippen LogP contribution in [0.1, 0.15) is 33.1 Å². The van der Waals surface area contributed by atoms with Gasteiger partial charge in [0.2, 0.25) is 0 Å². The van der Waals surface area contributed by atoms with Crippen LogP contribution in [0.25, 0.3) is 0 Å². The van der Waals surface area contributed by atoms with Crippen LogP contribution in [0.5, 0.6) is 0 Å². The maximum atomic E-state index is 12.4. The highest BCUT2D eigenvalue weighted by molar-refractivity contribution is 5.94. The number of carbonyl (C=O) groups excluding carboxylic acids is 3. The van der Waals surface area contributed by atoms with E-state index in [9.17, 15) is 19.5 Å². The number of hydrogen-bond donors (Lipinski definition) is 1. The van der Waals surface area contributed by atoms with Crippen LogP contribution in [0.2, 0.25) is 0 Å². The normalized spacial score (nSPS) is 34.1. The molecule has 1 fully saturated rings. The summed E-state index contributed by atoms with van der Waals surface area (Å²) < 4.78 is 16.4. The molecule has 5 unspecified atom stereocenters. The summed E-state index contributed by atoms with van der Waals surface area (Å²) >= 11 is 0. The number of esters is 3. The largest absolute Gasteiger partial charge is 0.458 e. The average Bonchev–Trinajstić information content (AvgIpc) is 3.09. The number of aliphatic hydroxyl groups is 1. The van der Waals surface area contributed by atoms with Crippen LogP contribution >= 0.6 is 0 Å². The second-order valence-corrected chi connectivity index (χ2v) is 7.43.